The Morgan fingerprint density at radius 3 is 2.50 bits per heavy atom. The summed E-state index contributed by atoms with van der Waals surface area (Å²) in [6.07, 6.45) is 3.40. The Bertz CT molecular complexity index is 1460. The first-order chi connectivity index (χ1) is 16.2. The van der Waals surface area contributed by atoms with Gasteiger partial charge >= 0.3 is 5.97 Å². The van der Waals surface area contributed by atoms with Crippen molar-refractivity contribution in [2.24, 2.45) is 5.73 Å². The number of hydrogen-bond acceptors (Lipinski definition) is 5. The summed E-state index contributed by atoms with van der Waals surface area (Å²) in [6, 6.07) is 13.5. The van der Waals surface area contributed by atoms with E-state index >= 15 is 0 Å². The molecule has 0 bridgehead atoms. The number of ether oxygens (including phenoxy) is 1. The van der Waals surface area contributed by atoms with Gasteiger partial charge in [-0.15, -0.1) is 0 Å². The highest BCUT2D eigenvalue weighted by Gasteiger charge is 2.19. The molecule has 0 aliphatic rings. The SMILES string of the molecule is COC(=O)c1cc(N(C)C(=O)c2ccn3ncc(-c4ccc(C(N)=O)c(C)c4)c3c2)ccc1Cl. The molecule has 0 unspecified atom stereocenters. The lowest BCUT2D eigenvalue weighted by Crippen LogP contribution is -2.26. The van der Waals surface area contributed by atoms with Crippen LogP contribution in [0.3, 0.4) is 0 Å². The molecule has 4 aromatic rings. The van der Waals surface area contributed by atoms with E-state index < -0.39 is 11.9 Å². The average molecular weight is 477 g/mol. The third kappa shape index (κ3) is 4.11. The Labute approximate surface area is 200 Å². The minimum Gasteiger partial charge on any atom is -0.465 e. The number of benzene rings is 2. The smallest absolute Gasteiger partial charge is 0.339 e. The summed E-state index contributed by atoms with van der Waals surface area (Å²) < 4.78 is 6.43. The summed E-state index contributed by atoms with van der Waals surface area (Å²) in [7, 11) is 2.88. The van der Waals surface area contributed by atoms with Crippen molar-refractivity contribution in [3.05, 3.63) is 88.2 Å². The maximum Gasteiger partial charge on any atom is 0.339 e. The number of halogens is 1. The number of aryl methyl sites for hydroxylation is 1. The molecule has 34 heavy (non-hydrogen) atoms. The molecule has 0 aliphatic heterocycles. The lowest BCUT2D eigenvalue weighted by Gasteiger charge is -2.18. The van der Waals surface area contributed by atoms with E-state index in [9.17, 15) is 14.4 Å². The highest BCUT2D eigenvalue weighted by Crippen LogP contribution is 2.28. The minimum atomic E-state index is -0.587. The second-order valence-electron chi connectivity index (χ2n) is 7.72. The first kappa shape index (κ1) is 23.0. The van der Waals surface area contributed by atoms with Gasteiger partial charge in [0.2, 0.25) is 5.91 Å². The fourth-order valence-corrected chi connectivity index (χ4v) is 3.94. The Balaban J connectivity index is 1.71. The Kier molecular flexibility index (Phi) is 6.08. The number of primary amides is 1. The zero-order valence-electron chi connectivity index (χ0n) is 18.7. The Morgan fingerprint density at radius 2 is 1.82 bits per heavy atom. The van der Waals surface area contributed by atoms with Crippen molar-refractivity contribution < 1.29 is 19.1 Å². The highest BCUT2D eigenvalue weighted by molar-refractivity contribution is 6.33. The molecule has 0 radical (unpaired) electrons. The monoisotopic (exact) mass is 476 g/mol. The standard InChI is InChI=1S/C25H21ClN4O4/c1-14-10-15(4-6-18(14)23(27)31)20-13-28-30-9-8-16(11-22(20)30)24(32)29(2)17-5-7-21(26)19(12-17)25(33)34-3/h4-13H,1-3H3,(H2,27,31). The van der Waals surface area contributed by atoms with Gasteiger partial charge in [0, 0.05) is 35.6 Å². The maximum absolute atomic E-state index is 13.3. The van der Waals surface area contributed by atoms with Crippen LogP contribution in [0.25, 0.3) is 16.6 Å². The first-order valence-corrected chi connectivity index (χ1v) is 10.6. The van der Waals surface area contributed by atoms with Gasteiger partial charge in [0.15, 0.2) is 0 Å². The van der Waals surface area contributed by atoms with E-state index in [4.69, 9.17) is 22.1 Å². The summed E-state index contributed by atoms with van der Waals surface area (Å²) in [5, 5.41) is 4.61. The number of anilines is 1. The second-order valence-corrected chi connectivity index (χ2v) is 8.12. The van der Waals surface area contributed by atoms with Crippen LogP contribution < -0.4 is 10.6 Å². The number of esters is 1. The largest absolute Gasteiger partial charge is 0.465 e. The van der Waals surface area contributed by atoms with E-state index in [0.717, 1.165) is 22.2 Å². The molecular formula is C25H21ClN4O4. The minimum absolute atomic E-state index is 0.171. The number of pyridine rings is 1. The van der Waals surface area contributed by atoms with Gasteiger partial charge in [-0.3, -0.25) is 9.59 Å². The second kappa shape index (κ2) is 8.99. The molecule has 2 amide bonds. The molecule has 0 saturated carbocycles. The van der Waals surface area contributed by atoms with Crippen LogP contribution in [0, 0.1) is 6.92 Å². The van der Waals surface area contributed by atoms with Gasteiger partial charge in [0.05, 0.1) is 29.4 Å². The number of carbonyl (C=O) groups excluding carboxylic acids is 3. The van der Waals surface area contributed by atoms with Crippen LogP contribution in [0.2, 0.25) is 5.02 Å². The van der Waals surface area contributed by atoms with Crippen LogP contribution in [0.15, 0.2) is 60.9 Å². The van der Waals surface area contributed by atoms with Crippen LogP contribution in [0.5, 0.6) is 0 Å². The lowest BCUT2D eigenvalue weighted by atomic mass is 10.00. The number of nitrogens with two attached hydrogens (primary N) is 1. The number of nitrogens with zero attached hydrogens (tertiary/aromatic N) is 3. The number of hydrogen-bond donors (Lipinski definition) is 1. The number of methoxy groups -OCH3 is 1. The first-order valence-electron chi connectivity index (χ1n) is 10.3. The van der Waals surface area contributed by atoms with E-state index in [-0.39, 0.29) is 16.5 Å². The third-order valence-electron chi connectivity index (χ3n) is 5.62. The van der Waals surface area contributed by atoms with Crippen LogP contribution in [-0.4, -0.2) is 41.6 Å². The maximum atomic E-state index is 13.3. The molecule has 0 atom stereocenters. The number of amides is 2. The quantitative estimate of drug-likeness (QED) is 0.436. The highest BCUT2D eigenvalue weighted by atomic mass is 35.5. The predicted octanol–water partition coefficient (Wildman–Crippen LogP) is 4.13. The van der Waals surface area contributed by atoms with Crippen molar-refractivity contribution in [1.29, 1.82) is 0 Å². The molecule has 0 spiro atoms. The van der Waals surface area contributed by atoms with Gasteiger partial charge in [-0.05, 0) is 54.4 Å². The van der Waals surface area contributed by atoms with E-state index in [0.29, 0.717) is 16.8 Å². The van der Waals surface area contributed by atoms with E-state index in [1.807, 2.05) is 13.0 Å². The number of fused-ring (bicyclic) bond motifs is 1. The van der Waals surface area contributed by atoms with Crippen LogP contribution in [-0.2, 0) is 4.74 Å². The fraction of sp³-hybridized carbons (Fsp3) is 0.120. The van der Waals surface area contributed by atoms with E-state index in [1.165, 1.54) is 18.1 Å². The number of carbonyl (C=O) groups is 3. The normalized spacial score (nSPS) is 10.8. The number of aromatic nitrogens is 2. The van der Waals surface area contributed by atoms with Crippen molar-refractivity contribution in [2.45, 2.75) is 6.92 Å². The molecule has 2 heterocycles. The van der Waals surface area contributed by atoms with Crippen LogP contribution >= 0.6 is 11.6 Å². The van der Waals surface area contributed by atoms with Gasteiger partial charge in [-0.25, -0.2) is 9.31 Å². The molecule has 172 valence electrons. The molecule has 0 fully saturated rings. The molecule has 8 nitrogen and oxygen atoms in total. The topological polar surface area (TPSA) is 107 Å². The molecule has 9 heteroatoms. The summed E-state index contributed by atoms with van der Waals surface area (Å²) in [5.74, 6) is -1.36. The van der Waals surface area contributed by atoms with Crippen LogP contribution in [0.4, 0.5) is 5.69 Å². The van der Waals surface area contributed by atoms with E-state index in [2.05, 4.69) is 5.10 Å². The molecule has 2 aromatic carbocycles. The molecule has 2 N–H and O–H groups in total. The average Bonchev–Trinajstić information content (AvgIpc) is 3.26. The molecule has 4 rings (SSSR count). The Morgan fingerprint density at radius 1 is 1.06 bits per heavy atom. The van der Waals surface area contributed by atoms with Gasteiger partial charge in [0.1, 0.15) is 0 Å². The van der Waals surface area contributed by atoms with Crippen molar-refractivity contribution >= 4 is 40.6 Å². The summed E-state index contributed by atoms with van der Waals surface area (Å²) in [6.45, 7) is 1.81. The summed E-state index contributed by atoms with van der Waals surface area (Å²) >= 11 is 6.10. The van der Waals surface area contributed by atoms with Crippen LogP contribution in [0.1, 0.15) is 36.6 Å². The summed E-state index contributed by atoms with van der Waals surface area (Å²) in [5.41, 5.74) is 10.1. The fourth-order valence-electron chi connectivity index (χ4n) is 3.74. The molecule has 2 aromatic heterocycles. The zero-order chi connectivity index (χ0) is 24.6. The van der Waals surface area contributed by atoms with Gasteiger partial charge in [0.25, 0.3) is 5.91 Å². The third-order valence-corrected chi connectivity index (χ3v) is 5.95. The van der Waals surface area contributed by atoms with Crippen molar-refractivity contribution in [3.63, 3.8) is 0 Å². The lowest BCUT2D eigenvalue weighted by molar-refractivity contribution is 0.0600. The van der Waals surface area contributed by atoms with Crippen molar-refractivity contribution in [3.8, 4) is 11.1 Å². The predicted molar refractivity (Wildman–Crippen MR) is 129 cm³/mol. The molecule has 0 aliphatic carbocycles. The van der Waals surface area contributed by atoms with Crippen molar-refractivity contribution in [2.75, 3.05) is 19.1 Å². The van der Waals surface area contributed by atoms with Gasteiger partial charge < -0.3 is 15.4 Å². The van der Waals surface area contributed by atoms with E-state index in [1.54, 1.807) is 60.4 Å². The van der Waals surface area contributed by atoms with Gasteiger partial charge in [-0.1, -0.05) is 23.7 Å². The molecule has 0 saturated heterocycles. The summed E-state index contributed by atoms with van der Waals surface area (Å²) in [4.78, 5) is 38.2. The Hall–Kier alpha value is -4.17. The van der Waals surface area contributed by atoms with Gasteiger partial charge in [-0.2, -0.15) is 5.10 Å². The zero-order valence-corrected chi connectivity index (χ0v) is 19.5. The number of rotatable bonds is 5. The van der Waals surface area contributed by atoms with Crippen molar-refractivity contribution in [1.82, 2.24) is 9.61 Å². The molecular weight excluding hydrogens is 456 g/mol.